The molecule has 24 heavy (non-hydrogen) atoms. The van der Waals surface area contributed by atoms with Crippen molar-refractivity contribution in [2.45, 2.75) is 19.6 Å². The summed E-state index contributed by atoms with van der Waals surface area (Å²) in [5.74, 6) is 0.899. The van der Waals surface area contributed by atoms with Crippen LogP contribution in [0.15, 0.2) is 42.6 Å². The minimum absolute atomic E-state index is 0.860. The third kappa shape index (κ3) is 4.84. The molecule has 5 heteroatoms. The molecular weight excluding hydrogens is 302 g/mol. The standard InChI is InChI=1S/C19H27N3O2/c1-23-19-6-4-17(5-7-19)15-20-16-18-3-2-8-22(18)10-9-21-11-13-24-14-12-21/h2-8,20H,9-16H2,1H3. The monoisotopic (exact) mass is 329 g/mol. The highest BCUT2D eigenvalue weighted by Gasteiger charge is 2.10. The highest BCUT2D eigenvalue weighted by molar-refractivity contribution is 5.27. The quantitative estimate of drug-likeness (QED) is 0.805. The molecule has 1 N–H and O–H groups in total. The molecule has 2 heterocycles. The van der Waals surface area contributed by atoms with E-state index < -0.39 is 0 Å². The van der Waals surface area contributed by atoms with Gasteiger partial charge in [0.15, 0.2) is 0 Å². The van der Waals surface area contributed by atoms with E-state index in [1.165, 1.54) is 11.3 Å². The minimum atomic E-state index is 0.860. The zero-order chi connectivity index (χ0) is 16.6. The van der Waals surface area contributed by atoms with Gasteiger partial charge in [0.2, 0.25) is 0 Å². The number of ether oxygens (including phenoxy) is 2. The summed E-state index contributed by atoms with van der Waals surface area (Å²) in [6.07, 6.45) is 2.17. The third-order valence-corrected chi connectivity index (χ3v) is 4.48. The summed E-state index contributed by atoms with van der Waals surface area (Å²) in [5, 5.41) is 3.52. The first-order valence-electron chi connectivity index (χ1n) is 8.63. The topological polar surface area (TPSA) is 38.7 Å². The van der Waals surface area contributed by atoms with Crippen LogP contribution in [-0.2, 0) is 24.4 Å². The van der Waals surface area contributed by atoms with Gasteiger partial charge in [-0.25, -0.2) is 0 Å². The maximum atomic E-state index is 5.40. The number of hydrogen-bond acceptors (Lipinski definition) is 4. The zero-order valence-electron chi connectivity index (χ0n) is 14.4. The van der Waals surface area contributed by atoms with Gasteiger partial charge in [-0.1, -0.05) is 12.1 Å². The third-order valence-electron chi connectivity index (χ3n) is 4.48. The fourth-order valence-electron chi connectivity index (χ4n) is 2.98. The van der Waals surface area contributed by atoms with Crippen LogP contribution in [0, 0.1) is 0 Å². The Kier molecular flexibility index (Phi) is 6.29. The van der Waals surface area contributed by atoms with Crippen LogP contribution in [0.5, 0.6) is 5.75 Å². The van der Waals surface area contributed by atoms with Crippen LogP contribution in [0.2, 0.25) is 0 Å². The molecule has 0 bridgehead atoms. The second-order valence-electron chi connectivity index (χ2n) is 6.10. The maximum absolute atomic E-state index is 5.40. The largest absolute Gasteiger partial charge is 0.497 e. The molecule has 0 atom stereocenters. The van der Waals surface area contributed by atoms with E-state index in [1.54, 1.807) is 7.11 Å². The van der Waals surface area contributed by atoms with E-state index in [-0.39, 0.29) is 0 Å². The van der Waals surface area contributed by atoms with Crippen LogP contribution in [0.4, 0.5) is 0 Å². The molecule has 0 unspecified atom stereocenters. The molecule has 0 saturated carbocycles. The Morgan fingerprint density at radius 2 is 1.83 bits per heavy atom. The lowest BCUT2D eigenvalue weighted by Crippen LogP contribution is -2.38. The van der Waals surface area contributed by atoms with Crippen LogP contribution in [0.1, 0.15) is 11.3 Å². The summed E-state index contributed by atoms with van der Waals surface area (Å²) in [5.41, 5.74) is 2.60. The SMILES string of the molecule is COc1ccc(CNCc2cccn2CCN2CCOCC2)cc1. The Morgan fingerprint density at radius 1 is 1.04 bits per heavy atom. The summed E-state index contributed by atoms with van der Waals surface area (Å²) in [6.45, 7) is 7.68. The second-order valence-corrected chi connectivity index (χ2v) is 6.10. The van der Waals surface area contributed by atoms with Crippen LogP contribution in [-0.4, -0.2) is 49.4 Å². The summed E-state index contributed by atoms with van der Waals surface area (Å²) in [6, 6.07) is 12.5. The molecule has 1 aromatic heterocycles. The van der Waals surface area contributed by atoms with E-state index in [9.17, 15) is 0 Å². The Balaban J connectivity index is 1.44. The first-order chi connectivity index (χ1) is 11.8. The van der Waals surface area contributed by atoms with E-state index in [1.807, 2.05) is 12.1 Å². The van der Waals surface area contributed by atoms with Crippen molar-refractivity contribution in [2.24, 2.45) is 0 Å². The Morgan fingerprint density at radius 3 is 2.58 bits per heavy atom. The molecule has 0 spiro atoms. The van der Waals surface area contributed by atoms with Gasteiger partial charge in [0.25, 0.3) is 0 Å². The van der Waals surface area contributed by atoms with E-state index in [2.05, 4.69) is 45.2 Å². The minimum Gasteiger partial charge on any atom is -0.497 e. The van der Waals surface area contributed by atoms with Crippen molar-refractivity contribution >= 4 is 0 Å². The van der Waals surface area contributed by atoms with Gasteiger partial charge < -0.3 is 19.4 Å². The predicted molar refractivity (Wildman–Crippen MR) is 95.2 cm³/mol. The molecule has 130 valence electrons. The molecule has 1 saturated heterocycles. The normalized spacial score (nSPS) is 15.5. The summed E-state index contributed by atoms with van der Waals surface area (Å²) >= 11 is 0. The predicted octanol–water partition coefficient (Wildman–Crippen LogP) is 2.12. The lowest BCUT2D eigenvalue weighted by atomic mass is 10.2. The molecular formula is C19H27N3O2. The molecule has 3 rings (SSSR count). The number of nitrogens with zero attached hydrogens (tertiary/aromatic N) is 2. The summed E-state index contributed by atoms with van der Waals surface area (Å²) in [7, 11) is 1.69. The van der Waals surface area contributed by atoms with Gasteiger partial charge in [0.05, 0.1) is 20.3 Å². The molecule has 1 aliphatic rings. The van der Waals surface area contributed by atoms with Crippen molar-refractivity contribution in [3.05, 3.63) is 53.9 Å². The summed E-state index contributed by atoms with van der Waals surface area (Å²) < 4.78 is 12.9. The lowest BCUT2D eigenvalue weighted by Gasteiger charge is -2.27. The van der Waals surface area contributed by atoms with E-state index >= 15 is 0 Å². The second kappa shape index (κ2) is 8.87. The molecule has 0 aliphatic carbocycles. The average molecular weight is 329 g/mol. The number of morpholine rings is 1. The highest BCUT2D eigenvalue weighted by atomic mass is 16.5. The molecule has 0 radical (unpaired) electrons. The number of hydrogen-bond donors (Lipinski definition) is 1. The molecule has 5 nitrogen and oxygen atoms in total. The van der Waals surface area contributed by atoms with Gasteiger partial charge in [-0.3, -0.25) is 4.90 Å². The summed E-state index contributed by atoms with van der Waals surface area (Å²) in [4.78, 5) is 2.47. The number of benzene rings is 1. The van der Waals surface area contributed by atoms with Gasteiger partial charge >= 0.3 is 0 Å². The van der Waals surface area contributed by atoms with E-state index in [0.717, 1.165) is 58.2 Å². The van der Waals surface area contributed by atoms with E-state index in [4.69, 9.17) is 9.47 Å². The molecule has 1 fully saturated rings. The van der Waals surface area contributed by atoms with Crippen molar-refractivity contribution in [1.29, 1.82) is 0 Å². The van der Waals surface area contributed by atoms with Gasteiger partial charge in [-0.15, -0.1) is 0 Å². The van der Waals surface area contributed by atoms with E-state index in [0.29, 0.717) is 0 Å². The van der Waals surface area contributed by atoms with Gasteiger partial charge in [0.1, 0.15) is 5.75 Å². The van der Waals surface area contributed by atoms with Crippen molar-refractivity contribution in [3.8, 4) is 5.75 Å². The molecule has 0 amide bonds. The maximum Gasteiger partial charge on any atom is 0.118 e. The fourth-order valence-corrected chi connectivity index (χ4v) is 2.98. The first-order valence-corrected chi connectivity index (χ1v) is 8.63. The smallest absolute Gasteiger partial charge is 0.118 e. The van der Waals surface area contributed by atoms with Crippen LogP contribution < -0.4 is 10.1 Å². The van der Waals surface area contributed by atoms with Crippen LogP contribution in [0.25, 0.3) is 0 Å². The van der Waals surface area contributed by atoms with Crippen LogP contribution in [0.3, 0.4) is 0 Å². The van der Waals surface area contributed by atoms with Crippen molar-refractivity contribution in [2.75, 3.05) is 40.0 Å². The van der Waals surface area contributed by atoms with Crippen molar-refractivity contribution < 1.29 is 9.47 Å². The highest BCUT2D eigenvalue weighted by Crippen LogP contribution is 2.11. The Hall–Kier alpha value is -1.82. The molecule has 1 aromatic carbocycles. The van der Waals surface area contributed by atoms with Gasteiger partial charge in [-0.2, -0.15) is 0 Å². The van der Waals surface area contributed by atoms with Crippen molar-refractivity contribution in [1.82, 2.24) is 14.8 Å². The number of nitrogens with one attached hydrogen (secondary N) is 1. The Bertz CT molecular complexity index is 603. The fraction of sp³-hybridized carbons (Fsp3) is 0.474. The number of rotatable bonds is 8. The number of methoxy groups -OCH3 is 1. The lowest BCUT2D eigenvalue weighted by molar-refractivity contribution is 0.0363. The first kappa shape index (κ1) is 17.0. The molecule has 1 aliphatic heterocycles. The number of aromatic nitrogens is 1. The van der Waals surface area contributed by atoms with Gasteiger partial charge in [0, 0.05) is 51.2 Å². The average Bonchev–Trinajstić information content (AvgIpc) is 3.09. The Labute approximate surface area is 144 Å². The van der Waals surface area contributed by atoms with Gasteiger partial charge in [-0.05, 0) is 29.8 Å². The molecule has 2 aromatic rings. The van der Waals surface area contributed by atoms with Crippen molar-refractivity contribution in [3.63, 3.8) is 0 Å². The van der Waals surface area contributed by atoms with Crippen LogP contribution >= 0.6 is 0 Å². The zero-order valence-corrected chi connectivity index (χ0v) is 14.4.